The maximum absolute atomic E-state index is 13.3. The van der Waals surface area contributed by atoms with E-state index in [0.717, 1.165) is 18.5 Å². The van der Waals surface area contributed by atoms with E-state index in [1.165, 1.54) is 17.3 Å². The van der Waals surface area contributed by atoms with Crippen molar-refractivity contribution in [3.63, 3.8) is 0 Å². The number of nitrogens with zero attached hydrogens (tertiary/aromatic N) is 1. The van der Waals surface area contributed by atoms with Crippen molar-refractivity contribution in [2.24, 2.45) is 5.73 Å². The molecule has 0 amide bonds. The van der Waals surface area contributed by atoms with Gasteiger partial charge in [0.15, 0.2) is 0 Å². The lowest BCUT2D eigenvalue weighted by Crippen LogP contribution is -2.34. The Labute approximate surface area is 118 Å². The van der Waals surface area contributed by atoms with E-state index >= 15 is 0 Å². The molecule has 1 aromatic rings. The predicted octanol–water partition coefficient (Wildman–Crippen LogP) is 3.81. The van der Waals surface area contributed by atoms with Gasteiger partial charge < -0.3 is 10.6 Å². The third-order valence-corrected chi connectivity index (χ3v) is 4.47. The topological polar surface area (TPSA) is 29.3 Å². The quantitative estimate of drug-likeness (QED) is 0.892. The van der Waals surface area contributed by atoms with Gasteiger partial charge in [-0.15, -0.1) is 0 Å². The first-order valence-corrected chi connectivity index (χ1v) is 7.35. The minimum atomic E-state index is -2.47. The van der Waals surface area contributed by atoms with Gasteiger partial charge in [0.25, 0.3) is 0 Å². The molecule has 0 unspecified atom stereocenters. The molecule has 1 fully saturated rings. The van der Waals surface area contributed by atoms with Crippen LogP contribution in [0.3, 0.4) is 0 Å². The second kappa shape index (κ2) is 4.99. The average Bonchev–Trinajstić information content (AvgIpc) is 2.81. The summed E-state index contributed by atoms with van der Waals surface area (Å²) in [6.07, 6.45) is 2.00. The first-order chi connectivity index (χ1) is 9.46. The standard InChI is InChI=1S/C16H21F2N2/c1-11(19)12-2-3-15-13(10-12)6-9-20(15)14-4-7-16(17,18)8-5-14/h2-3,10-11H,4-9,19H2,1H3/t11-/m1/s1. The number of halogens is 2. The van der Waals surface area contributed by atoms with Crippen LogP contribution in [0.4, 0.5) is 14.5 Å². The highest BCUT2D eigenvalue weighted by atomic mass is 19.3. The first-order valence-electron chi connectivity index (χ1n) is 7.35. The molecule has 1 saturated carbocycles. The third-order valence-electron chi connectivity index (χ3n) is 4.47. The van der Waals surface area contributed by atoms with Gasteiger partial charge in [0, 0.05) is 31.1 Å². The molecule has 2 aliphatic rings. The van der Waals surface area contributed by atoms with Gasteiger partial charge in [0.2, 0.25) is 5.92 Å². The Bertz CT molecular complexity index is 489. The lowest BCUT2D eigenvalue weighted by Gasteiger charge is -2.35. The summed E-state index contributed by atoms with van der Waals surface area (Å²) in [6, 6.07) is 7.53. The van der Waals surface area contributed by atoms with Crippen LogP contribution in [0.25, 0.3) is 0 Å². The van der Waals surface area contributed by atoms with Crippen molar-refractivity contribution in [3.8, 4) is 0 Å². The van der Waals surface area contributed by atoms with Gasteiger partial charge in [0.1, 0.15) is 0 Å². The molecule has 2 nitrogen and oxygen atoms in total. The van der Waals surface area contributed by atoms with Crippen LogP contribution >= 0.6 is 0 Å². The molecule has 1 heterocycles. The van der Waals surface area contributed by atoms with Gasteiger partial charge >= 0.3 is 0 Å². The number of hydrogen-bond acceptors (Lipinski definition) is 2. The van der Waals surface area contributed by atoms with Crippen molar-refractivity contribution >= 4 is 5.69 Å². The van der Waals surface area contributed by atoms with Crippen molar-refractivity contribution in [1.29, 1.82) is 0 Å². The van der Waals surface area contributed by atoms with Crippen molar-refractivity contribution in [1.82, 2.24) is 0 Å². The van der Waals surface area contributed by atoms with E-state index in [0.29, 0.717) is 12.8 Å². The Kier molecular flexibility index (Phi) is 3.44. The summed E-state index contributed by atoms with van der Waals surface area (Å²) < 4.78 is 26.5. The molecule has 1 radical (unpaired) electrons. The van der Waals surface area contributed by atoms with Crippen LogP contribution in [0.5, 0.6) is 0 Å². The van der Waals surface area contributed by atoms with E-state index in [1.807, 2.05) is 6.92 Å². The highest BCUT2D eigenvalue weighted by Gasteiger charge is 2.38. The van der Waals surface area contributed by atoms with Crippen LogP contribution < -0.4 is 10.6 Å². The predicted molar refractivity (Wildman–Crippen MR) is 76.8 cm³/mol. The second-order valence-corrected chi connectivity index (χ2v) is 6.00. The molecule has 0 aromatic heterocycles. The Morgan fingerprint density at radius 3 is 2.55 bits per heavy atom. The number of alkyl halides is 2. The van der Waals surface area contributed by atoms with Gasteiger partial charge in [-0.3, -0.25) is 0 Å². The zero-order valence-electron chi connectivity index (χ0n) is 11.8. The smallest absolute Gasteiger partial charge is 0.248 e. The molecule has 1 aliphatic heterocycles. The van der Waals surface area contributed by atoms with Crippen LogP contribution in [0.2, 0.25) is 0 Å². The number of nitrogens with two attached hydrogens (primary N) is 1. The van der Waals surface area contributed by atoms with Gasteiger partial charge in [-0.25, -0.2) is 8.78 Å². The molecular formula is C16H21F2N2. The summed E-state index contributed by atoms with van der Waals surface area (Å²) in [5.41, 5.74) is 9.54. The van der Waals surface area contributed by atoms with E-state index in [4.69, 9.17) is 5.73 Å². The minimum Gasteiger partial charge on any atom is -0.363 e. The summed E-state index contributed by atoms with van der Waals surface area (Å²) in [5.74, 6) is -2.47. The van der Waals surface area contributed by atoms with Gasteiger partial charge in [-0.2, -0.15) is 0 Å². The SMILES string of the molecule is C[C@@H](N)c1ccc2c(c1)CCN2[C]1CCC(F)(F)CC1. The fraction of sp³-hybridized carbons (Fsp3) is 0.562. The molecule has 1 aromatic carbocycles. The average molecular weight is 279 g/mol. The summed E-state index contributed by atoms with van der Waals surface area (Å²) in [7, 11) is 0. The molecule has 20 heavy (non-hydrogen) atoms. The first kappa shape index (κ1) is 13.8. The highest BCUT2D eigenvalue weighted by Crippen LogP contribution is 2.43. The molecule has 2 N–H and O–H groups in total. The molecule has 4 heteroatoms. The Hall–Kier alpha value is -1.16. The van der Waals surface area contributed by atoms with Crippen molar-refractivity contribution in [3.05, 3.63) is 35.4 Å². The molecule has 0 saturated heterocycles. The zero-order valence-corrected chi connectivity index (χ0v) is 11.8. The van der Waals surface area contributed by atoms with Gasteiger partial charge in [0.05, 0.1) is 6.04 Å². The lowest BCUT2D eigenvalue weighted by molar-refractivity contribution is -0.0299. The maximum Gasteiger partial charge on any atom is 0.248 e. The second-order valence-electron chi connectivity index (χ2n) is 6.00. The zero-order chi connectivity index (χ0) is 14.3. The maximum atomic E-state index is 13.3. The Morgan fingerprint density at radius 2 is 1.90 bits per heavy atom. The number of anilines is 1. The fourth-order valence-corrected chi connectivity index (χ4v) is 3.21. The number of benzene rings is 1. The van der Waals surface area contributed by atoms with E-state index in [9.17, 15) is 8.78 Å². The van der Waals surface area contributed by atoms with Crippen molar-refractivity contribution in [2.75, 3.05) is 11.4 Å². The van der Waals surface area contributed by atoms with E-state index in [1.54, 1.807) is 0 Å². The molecule has 0 bridgehead atoms. The molecule has 0 spiro atoms. The number of hydrogen-bond donors (Lipinski definition) is 1. The van der Waals surface area contributed by atoms with E-state index in [-0.39, 0.29) is 18.9 Å². The largest absolute Gasteiger partial charge is 0.363 e. The van der Waals surface area contributed by atoms with Crippen LogP contribution in [0, 0.1) is 6.04 Å². The normalized spacial score (nSPS) is 23.7. The monoisotopic (exact) mass is 279 g/mol. The third kappa shape index (κ3) is 2.53. The number of fused-ring (bicyclic) bond motifs is 1. The molecular weight excluding hydrogens is 258 g/mol. The summed E-state index contributed by atoms with van der Waals surface area (Å²) >= 11 is 0. The van der Waals surface area contributed by atoms with E-state index in [2.05, 4.69) is 23.1 Å². The summed E-state index contributed by atoms with van der Waals surface area (Å²) in [5, 5.41) is 0. The minimum absolute atomic E-state index is 0.00785. The van der Waals surface area contributed by atoms with Gasteiger partial charge in [-0.05, 0) is 43.4 Å². The van der Waals surface area contributed by atoms with Crippen LogP contribution in [0.15, 0.2) is 18.2 Å². The van der Waals surface area contributed by atoms with Crippen molar-refractivity contribution in [2.45, 2.75) is 51.0 Å². The van der Waals surface area contributed by atoms with Crippen LogP contribution in [-0.4, -0.2) is 12.5 Å². The Balaban J connectivity index is 1.77. The van der Waals surface area contributed by atoms with Crippen LogP contribution in [-0.2, 0) is 6.42 Å². The van der Waals surface area contributed by atoms with E-state index < -0.39 is 5.92 Å². The van der Waals surface area contributed by atoms with Gasteiger partial charge in [-0.1, -0.05) is 12.1 Å². The molecule has 3 rings (SSSR count). The number of rotatable bonds is 2. The fourth-order valence-electron chi connectivity index (χ4n) is 3.21. The van der Waals surface area contributed by atoms with Crippen molar-refractivity contribution < 1.29 is 8.78 Å². The summed E-state index contributed by atoms with van der Waals surface area (Å²) in [4.78, 5) is 2.25. The molecule has 109 valence electrons. The Morgan fingerprint density at radius 1 is 1.20 bits per heavy atom. The van der Waals surface area contributed by atoms with Crippen LogP contribution in [0.1, 0.15) is 49.8 Å². The molecule has 1 atom stereocenters. The summed E-state index contributed by atoms with van der Waals surface area (Å²) in [6.45, 7) is 2.89. The molecule has 1 aliphatic carbocycles. The highest BCUT2D eigenvalue weighted by molar-refractivity contribution is 5.62. The lowest BCUT2D eigenvalue weighted by atomic mass is 9.91.